The van der Waals surface area contributed by atoms with Crippen molar-refractivity contribution in [2.24, 2.45) is 5.92 Å². The molecule has 2 nitrogen and oxygen atoms in total. The standard InChI is InChI=1S/C16H24ClNO/c1-11-10-18-15(12(2)16(11)19-3)9-8-14(17)13-6-4-5-7-13/h10,13-14H,4-9H2,1-3H3. The van der Waals surface area contributed by atoms with Crippen molar-refractivity contribution >= 4 is 11.6 Å². The van der Waals surface area contributed by atoms with Crippen LogP contribution in [0.15, 0.2) is 6.20 Å². The third-order valence-electron chi connectivity index (χ3n) is 4.32. The van der Waals surface area contributed by atoms with Gasteiger partial charge in [0.05, 0.1) is 7.11 Å². The van der Waals surface area contributed by atoms with Crippen LogP contribution in [0.25, 0.3) is 0 Å². The van der Waals surface area contributed by atoms with Crippen molar-refractivity contribution < 1.29 is 4.74 Å². The molecule has 1 aromatic heterocycles. The van der Waals surface area contributed by atoms with Gasteiger partial charge in [-0.05, 0) is 45.4 Å². The highest BCUT2D eigenvalue weighted by molar-refractivity contribution is 6.20. The Hall–Kier alpha value is -0.760. The van der Waals surface area contributed by atoms with Gasteiger partial charge in [0.2, 0.25) is 0 Å². The Morgan fingerprint density at radius 3 is 2.68 bits per heavy atom. The van der Waals surface area contributed by atoms with Crippen LogP contribution in [0.5, 0.6) is 5.75 Å². The highest BCUT2D eigenvalue weighted by Gasteiger charge is 2.23. The second-order valence-electron chi connectivity index (χ2n) is 5.65. The highest BCUT2D eigenvalue weighted by atomic mass is 35.5. The van der Waals surface area contributed by atoms with Gasteiger partial charge in [-0.3, -0.25) is 4.98 Å². The molecule has 1 unspecified atom stereocenters. The summed E-state index contributed by atoms with van der Waals surface area (Å²) in [5, 5.41) is 0.302. The van der Waals surface area contributed by atoms with Crippen LogP contribution in [-0.2, 0) is 6.42 Å². The van der Waals surface area contributed by atoms with Crippen LogP contribution in [0.3, 0.4) is 0 Å². The molecule has 0 aromatic carbocycles. The Labute approximate surface area is 121 Å². The Bertz CT molecular complexity index is 427. The van der Waals surface area contributed by atoms with E-state index in [1.807, 2.05) is 13.1 Å². The Balaban J connectivity index is 1.99. The summed E-state index contributed by atoms with van der Waals surface area (Å²) >= 11 is 6.54. The van der Waals surface area contributed by atoms with Gasteiger partial charge < -0.3 is 4.74 Å². The van der Waals surface area contributed by atoms with E-state index in [2.05, 4.69) is 11.9 Å². The Kier molecular flexibility index (Phi) is 5.09. The molecule has 0 saturated heterocycles. The molecule has 2 rings (SSSR count). The number of pyridine rings is 1. The fourth-order valence-corrected chi connectivity index (χ4v) is 3.51. The quantitative estimate of drug-likeness (QED) is 0.745. The average Bonchev–Trinajstić information content (AvgIpc) is 2.92. The molecule has 1 atom stereocenters. The third kappa shape index (κ3) is 3.42. The lowest BCUT2D eigenvalue weighted by atomic mass is 9.97. The topological polar surface area (TPSA) is 22.1 Å². The minimum absolute atomic E-state index is 0.302. The summed E-state index contributed by atoms with van der Waals surface area (Å²) in [6.45, 7) is 4.12. The fourth-order valence-electron chi connectivity index (χ4n) is 3.15. The zero-order valence-corrected chi connectivity index (χ0v) is 13.0. The molecule has 0 radical (unpaired) electrons. The third-order valence-corrected chi connectivity index (χ3v) is 4.89. The first-order chi connectivity index (χ1) is 9.13. The highest BCUT2D eigenvalue weighted by Crippen LogP contribution is 2.33. The molecule has 106 valence electrons. The molecule has 1 aliphatic carbocycles. The van der Waals surface area contributed by atoms with Crippen molar-refractivity contribution in [3.05, 3.63) is 23.0 Å². The first-order valence-corrected chi connectivity index (χ1v) is 7.70. The number of aryl methyl sites for hydroxylation is 2. The SMILES string of the molecule is COc1c(C)cnc(CCC(Cl)C2CCCC2)c1C. The number of aromatic nitrogens is 1. The molecule has 1 aliphatic rings. The molecule has 0 spiro atoms. The molecule has 1 saturated carbocycles. The van der Waals surface area contributed by atoms with Crippen LogP contribution in [0.4, 0.5) is 0 Å². The van der Waals surface area contributed by atoms with E-state index in [4.69, 9.17) is 16.3 Å². The Morgan fingerprint density at radius 1 is 1.37 bits per heavy atom. The average molecular weight is 282 g/mol. The second-order valence-corrected chi connectivity index (χ2v) is 6.21. The largest absolute Gasteiger partial charge is 0.496 e. The van der Waals surface area contributed by atoms with Gasteiger partial charge in [-0.2, -0.15) is 0 Å². The summed E-state index contributed by atoms with van der Waals surface area (Å²) in [6.07, 6.45) is 9.18. The summed E-state index contributed by atoms with van der Waals surface area (Å²) in [7, 11) is 1.72. The van der Waals surface area contributed by atoms with Crippen LogP contribution in [0.1, 0.15) is 48.9 Å². The maximum absolute atomic E-state index is 6.54. The molecule has 3 heteroatoms. The summed E-state index contributed by atoms with van der Waals surface area (Å²) in [5.41, 5.74) is 3.39. The van der Waals surface area contributed by atoms with Crippen molar-refractivity contribution in [2.75, 3.05) is 7.11 Å². The number of alkyl halides is 1. The molecule has 19 heavy (non-hydrogen) atoms. The van der Waals surface area contributed by atoms with Crippen LogP contribution in [0, 0.1) is 19.8 Å². The zero-order chi connectivity index (χ0) is 13.8. The molecule has 0 amide bonds. The fraction of sp³-hybridized carbons (Fsp3) is 0.688. The number of ether oxygens (including phenoxy) is 1. The van der Waals surface area contributed by atoms with Gasteiger partial charge in [0.15, 0.2) is 0 Å². The van der Waals surface area contributed by atoms with E-state index in [9.17, 15) is 0 Å². The molecule has 1 aromatic rings. The van der Waals surface area contributed by atoms with Gasteiger partial charge in [0.1, 0.15) is 5.75 Å². The number of halogens is 1. The molecular weight excluding hydrogens is 258 g/mol. The van der Waals surface area contributed by atoms with Crippen molar-refractivity contribution in [2.45, 2.75) is 57.7 Å². The van der Waals surface area contributed by atoms with Crippen molar-refractivity contribution in [1.29, 1.82) is 0 Å². The molecule has 1 heterocycles. The van der Waals surface area contributed by atoms with E-state index in [1.54, 1.807) is 7.11 Å². The summed E-state index contributed by atoms with van der Waals surface area (Å²) in [4.78, 5) is 4.55. The summed E-state index contributed by atoms with van der Waals surface area (Å²) < 4.78 is 5.45. The van der Waals surface area contributed by atoms with E-state index >= 15 is 0 Å². The van der Waals surface area contributed by atoms with Gasteiger partial charge in [-0.25, -0.2) is 0 Å². The molecule has 0 N–H and O–H groups in total. The minimum atomic E-state index is 0.302. The van der Waals surface area contributed by atoms with E-state index in [1.165, 1.54) is 25.7 Å². The molecule has 0 aliphatic heterocycles. The molecule has 1 fully saturated rings. The molecular formula is C16H24ClNO. The van der Waals surface area contributed by atoms with Crippen LogP contribution in [0.2, 0.25) is 0 Å². The lowest BCUT2D eigenvalue weighted by Crippen LogP contribution is -2.13. The van der Waals surface area contributed by atoms with Crippen molar-refractivity contribution in [3.8, 4) is 5.75 Å². The van der Waals surface area contributed by atoms with E-state index in [0.29, 0.717) is 11.3 Å². The normalized spacial score (nSPS) is 17.7. The van der Waals surface area contributed by atoms with E-state index < -0.39 is 0 Å². The smallest absolute Gasteiger partial charge is 0.128 e. The number of hydrogen-bond acceptors (Lipinski definition) is 2. The first-order valence-electron chi connectivity index (χ1n) is 7.26. The zero-order valence-electron chi connectivity index (χ0n) is 12.2. The monoisotopic (exact) mass is 281 g/mol. The van der Waals surface area contributed by atoms with Gasteiger partial charge in [0, 0.05) is 28.4 Å². The van der Waals surface area contributed by atoms with Crippen LogP contribution in [-0.4, -0.2) is 17.5 Å². The summed E-state index contributed by atoms with van der Waals surface area (Å²) in [6, 6.07) is 0. The lowest BCUT2D eigenvalue weighted by molar-refractivity contribution is 0.406. The van der Waals surface area contributed by atoms with Crippen molar-refractivity contribution in [3.63, 3.8) is 0 Å². The predicted octanol–water partition coefficient (Wildman–Crippen LogP) is 4.44. The molecule has 0 bridgehead atoms. The number of hydrogen-bond donors (Lipinski definition) is 0. The summed E-state index contributed by atoms with van der Waals surface area (Å²) in [5.74, 6) is 1.69. The first kappa shape index (κ1) is 14.6. The number of nitrogens with zero attached hydrogens (tertiary/aromatic N) is 1. The van der Waals surface area contributed by atoms with Crippen LogP contribution >= 0.6 is 11.6 Å². The maximum atomic E-state index is 6.54. The Morgan fingerprint density at radius 2 is 2.05 bits per heavy atom. The van der Waals surface area contributed by atoms with E-state index in [-0.39, 0.29) is 0 Å². The maximum Gasteiger partial charge on any atom is 0.128 e. The lowest BCUT2D eigenvalue weighted by Gasteiger charge is -2.17. The van der Waals surface area contributed by atoms with Gasteiger partial charge in [0.25, 0.3) is 0 Å². The van der Waals surface area contributed by atoms with E-state index in [0.717, 1.165) is 35.4 Å². The van der Waals surface area contributed by atoms with Gasteiger partial charge >= 0.3 is 0 Å². The van der Waals surface area contributed by atoms with Crippen molar-refractivity contribution in [1.82, 2.24) is 4.98 Å². The predicted molar refractivity (Wildman–Crippen MR) is 80.2 cm³/mol. The number of methoxy groups -OCH3 is 1. The van der Waals surface area contributed by atoms with Crippen LogP contribution < -0.4 is 4.74 Å². The van der Waals surface area contributed by atoms with Gasteiger partial charge in [-0.15, -0.1) is 11.6 Å². The minimum Gasteiger partial charge on any atom is -0.496 e. The van der Waals surface area contributed by atoms with Gasteiger partial charge in [-0.1, -0.05) is 12.8 Å². The second kappa shape index (κ2) is 6.60. The number of rotatable bonds is 5.